The molecule has 8 heteroatoms. The van der Waals surface area contributed by atoms with Gasteiger partial charge in [0, 0.05) is 23.7 Å². The minimum Gasteiger partial charge on any atom is -0.383 e. The zero-order chi connectivity index (χ0) is 20.0. The van der Waals surface area contributed by atoms with E-state index in [0.717, 1.165) is 31.6 Å². The average molecular weight is 409 g/mol. The van der Waals surface area contributed by atoms with Gasteiger partial charge in [-0.2, -0.15) is 4.98 Å². The van der Waals surface area contributed by atoms with Crippen LogP contribution >= 0.6 is 11.6 Å². The number of halogens is 2. The van der Waals surface area contributed by atoms with Gasteiger partial charge in [-0.25, -0.2) is 14.1 Å². The lowest BCUT2D eigenvalue weighted by Gasteiger charge is -2.16. The largest absolute Gasteiger partial charge is 0.383 e. The van der Waals surface area contributed by atoms with Crippen molar-refractivity contribution in [3.05, 3.63) is 59.4 Å². The molecule has 2 aromatic heterocycles. The lowest BCUT2D eigenvalue weighted by Crippen LogP contribution is -2.20. The molecule has 0 atom stereocenters. The van der Waals surface area contributed by atoms with Crippen molar-refractivity contribution in [1.29, 1.82) is 0 Å². The van der Waals surface area contributed by atoms with Crippen molar-refractivity contribution in [3.63, 3.8) is 0 Å². The molecular formula is C21H18ClFN6. The first-order valence-electron chi connectivity index (χ1n) is 9.44. The zero-order valence-electron chi connectivity index (χ0n) is 15.5. The molecule has 4 aromatic rings. The molecule has 29 heavy (non-hydrogen) atoms. The average Bonchev–Trinajstić information content (AvgIpc) is 3.37. The van der Waals surface area contributed by atoms with Crippen molar-refractivity contribution in [2.75, 3.05) is 23.7 Å². The molecule has 6 nitrogen and oxygen atoms in total. The van der Waals surface area contributed by atoms with Crippen molar-refractivity contribution in [3.8, 4) is 16.9 Å². The van der Waals surface area contributed by atoms with Crippen molar-refractivity contribution in [2.45, 2.75) is 12.8 Å². The number of rotatable bonds is 3. The molecular weight excluding hydrogens is 391 g/mol. The van der Waals surface area contributed by atoms with E-state index in [2.05, 4.69) is 15.0 Å². The minimum absolute atomic E-state index is 0.355. The molecule has 1 aliphatic heterocycles. The van der Waals surface area contributed by atoms with Crippen LogP contribution in [0.1, 0.15) is 12.8 Å². The summed E-state index contributed by atoms with van der Waals surface area (Å²) in [7, 11) is 0. The number of hydrogen-bond donors (Lipinski definition) is 1. The Balaban J connectivity index is 1.78. The molecule has 1 saturated heterocycles. The van der Waals surface area contributed by atoms with Crippen molar-refractivity contribution in [1.82, 2.24) is 19.7 Å². The number of hydrogen-bond acceptors (Lipinski definition) is 5. The van der Waals surface area contributed by atoms with Gasteiger partial charge in [-0.3, -0.25) is 0 Å². The number of nitrogens with zero attached hydrogens (tertiary/aromatic N) is 5. The number of nitrogens with two attached hydrogens (primary N) is 1. The van der Waals surface area contributed by atoms with Crippen LogP contribution in [0.4, 0.5) is 16.2 Å². The van der Waals surface area contributed by atoms with Crippen LogP contribution in [0.15, 0.2) is 48.5 Å². The first kappa shape index (κ1) is 17.9. The molecule has 0 bridgehead atoms. The maximum atomic E-state index is 14.7. The quantitative estimate of drug-likeness (QED) is 0.542. The molecule has 2 N–H and O–H groups in total. The Morgan fingerprint density at radius 1 is 0.966 bits per heavy atom. The Kier molecular flexibility index (Phi) is 4.32. The van der Waals surface area contributed by atoms with Crippen LogP contribution in [-0.4, -0.2) is 32.8 Å². The van der Waals surface area contributed by atoms with Gasteiger partial charge in [-0.15, -0.1) is 5.10 Å². The molecule has 0 amide bonds. The second-order valence-corrected chi connectivity index (χ2v) is 7.45. The van der Waals surface area contributed by atoms with Gasteiger partial charge in [0.25, 0.3) is 0 Å². The third-order valence-electron chi connectivity index (χ3n) is 5.15. The summed E-state index contributed by atoms with van der Waals surface area (Å²) in [5.41, 5.74) is 8.46. The normalized spacial score (nSPS) is 14.1. The van der Waals surface area contributed by atoms with E-state index in [1.807, 2.05) is 12.1 Å². The molecule has 146 valence electrons. The second kappa shape index (κ2) is 7.00. The summed E-state index contributed by atoms with van der Waals surface area (Å²) in [6.07, 6.45) is 2.16. The molecule has 1 fully saturated rings. The number of benzene rings is 2. The summed E-state index contributed by atoms with van der Waals surface area (Å²) < 4.78 is 16.3. The number of nitrogen functional groups attached to an aromatic ring is 1. The highest BCUT2D eigenvalue weighted by molar-refractivity contribution is 6.30. The van der Waals surface area contributed by atoms with Crippen LogP contribution in [0.3, 0.4) is 0 Å². The summed E-state index contributed by atoms with van der Waals surface area (Å²) >= 11 is 6.00. The predicted octanol–water partition coefficient (Wildman–Crippen LogP) is 4.46. The highest BCUT2D eigenvalue weighted by Gasteiger charge is 2.23. The van der Waals surface area contributed by atoms with E-state index < -0.39 is 0 Å². The maximum Gasteiger partial charge on any atom is 0.228 e. The van der Waals surface area contributed by atoms with Crippen LogP contribution in [0.2, 0.25) is 5.02 Å². The summed E-state index contributed by atoms with van der Waals surface area (Å²) in [5.74, 6) is 0.543. The van der Waals surface area contributed by atoms with Gasteiger partial charge in [0.2, 0.25) is 5.95 Å². The van der Waals surface area contributed by atoms with Gasteiger partial charge < -0.3 is 10.6 Å². The van der Waals surface area contributed by atoms with Crippen molar-refractivity contribution in [2.24, 2.45) is 0 Å². The van der Waals surface area contributed by atoms with E-state index in [9.17, 15) is 4.39 Å². The van der Waals surface area contributed by atoms with E-state index in [-0.39, 0.29) is 5.82 Å². The van der Waals surface area contributed by atoms with Crippen molar-refractivity contribution >= 4 is 34.4 Å². The molecule has 0 radical (unpaired) electrons. The standard InChI is InChI=1S/C21H18ClFN6/c22-13-7-9-14(10-8-13)29-19(24)17-18(15-5-1-2-6-16(15)23)25-21(26-20(17)27-29)28-11-3-4-12-28/h1-2,5-10H,3-4,11-12,24H2. The fourth-order valence-electron chi connectivity index (χ4n) is 3.69. The molecule has 0 unspecified atom stereocenters. The molecule has 5 rings (SSSR count). The van der Waals surface area contributed by atoms with Gasteiger partial charge in [0.1, 0.15) is 11.6 Å². The Morgan fingerprint density at radius 2 is 1.69 bits per heavy atom. The Morgan fingerprint density at radius 3 is 2.41 bits per heavy atom. The fraction of sp³-hybridized carbons (Fsp3) is 0.190. The van der Waals surface area contributed by atoms with Crippen LogP contribution in [0, 0.1) is 5.82 Å². The van der Waals surface area contributed by atoms with Gasteiger partial charge in [0.05, 0.1) is 16.8 Å². The monoisotopic (exact) mass is 408 g/mol. The Bertz CT molecular complexity index is 1200. The lowest BCUT2D eigenvalue weighted by molar-refractivity contribution is 0.631. The number of fused-ring (bicyclic) bond motifs is 1. The summed E-state index contributed by atoms with van der Waals surface area (Å²) in [5, 5.41) is 5.76. The second-order valence-electron chi connectivity index (χ2n) is 7.02. The van der Waals surface area contributed by atoms with Gasteiger partial charge in [-0.1, -0.05) is 23.7 Å². The number of anilines is 2. The highest BCUT2D eigenvalue weighted by atomic mass is 35.5. The Labute approximate surface area is 171 Å². The van der Waals surface area contributed by atoms with Gasteiger partial charge in [0.15, 0.2) is 5.65 Å². The van der Waals surface area contributed by atoms with Gasteiger partial charge >= 0.3 is 0 Å². The van der Waals surface area contributed by atoms with Crippen LogP contribution in [0.5, 0.6) is 0 Å². The minimum atomic E-state index is -0.362. The van der Waals surface area contributed by atoms with Gasteiger partial charge in [-0.05, 0) is 49.2 Å². The molecule has 0 saturated carbocycles. The summed E-state index contributed by atoms with van der Waals surface area (Å²) in [6.45, 7) is 1.74. The molecule has 0 aliphatic carbocycles. The fourth-order valence-corrected chi connectivity index (χ4v) is 3.81. The van der Waals surface area contributed by atoms with Crippen LogP contribution in [0.25, 0.3) is 28.0 Å². The highest BCUT2D eigenvalue weighted by Crippen LogP contribution is 2.35. The third kappa shape index (κ3) is 3.07. The molecule has 2 aromatic carbocycles. The van der Waals surface area contributed by atoms with E-state index >= 15 is 0 Å². The summed E-state index contributed by atoms with van der Waals surface area (Å²) in [6, 6.07) is 13.7. The predicted molar refractivity (Wildman–Crippen MR) is 113 cm³/mol. The first-order valence-corrected chi connectivity index (χ1v) is 9.81. The topological polar surface area (TPSA) is 72.9 Å². The van der Waals surface area contributed by atoms with Crippen LogP contribution < -0.4 is 10.6 Å². The number of aromatic nitrogens is 4. The smallest absolute Gasteiger partial charge is 0.228 e. The summed E-state index contributed by atoms with van der Waals surface area (Å²) in [4.78, 5) is 11.5. The maximum absolute atomic E-state index is 14.7. The van der Waals surface area contributed by atoms with E-state index in [0.29, 0.717) is 39.1 Å². The zero-order valence-corrected chi connectivity index (χ0v) is 16.3. The first-order chi connectivity index (χ1) is 14.1. The Hall–Kier alpha value is -3.19. The molecule has 3 heterocycles. The lowest BCUT2D eigenvalue weighted by atomic mass is 10.1. The molecule has 1 aliphatic rings. The van der Waals surface area contributed by atoms with Crippen LogP contribution in [-0.2, 0) is 0 Å². The van der Waals surface area contributed by atoms with E-state index in [4.69, 9.17) is 22.3 Å². The molecule has 0 spiro atoms. The van der Waals surface area contributed by atoms with E-state index in [1.54, 1.807) is 35.0 Å². The SMILES string of the molecule is Nc1c2c(-c3ccccc3F)nc(N3CCCC3)nc2nn1-c1ccc(Cl)cc1. The third-order valence-corrected chi connectivity index (χ3v) is 5.40. The van der Waals surface area contributed by atoms with Crippen molar-refractivity contribution < 1.29 is 4.39 Å². The van der Waals surface area contributed by atoms with E-state index in [1.165, 1.54) is 6.07 Å².